The van der Waals surface area contributed by atoms with Crippen LogP contribution in [0.1, 0.15) is 0 Å². The molecule has 0 saturated carbocycles. The van der Waals surface area contributed by atoms with Gasteiger partial charge in [-0.05, 0) is 6.08 Å². The van der Waals surface area contributed by atoms with Gasteiger partial charge in [-0.15, -0.1) is 0 Å². The molecule has 0 fully saturated rings. The fourth-order valence-electron chi connectivity index (χ4n) is 1.22. The molecule has 0 radical (unpaired) electrons. The summed E-state index contributed by atoms with van der Waals surface area (Å²) in [6.07, 6.45) is 4.69. The minimum absolute atomic E-state index is 0.954. The van der Waals surface area contributed by atoms with Gasteiger partial charge in [-0.2, -0.15) is 8.42 Å². The van der Waals surface area contributed by atoms with E-state index in [0.717, 1.165) is 12.2 Å². The summed E-state index contributed by atoms with van der Waals surface area (Å²) in [5.41, 5.74) is 0. The summed E-state index contributed by atoms with van der Waals surface area (Å²) in [5.74, 6) is -2.94. The van der Waals surface area contributed by atoms with Gasteiger partial charge in [-0.25, -0.2) is 0 Å². The minimum atomic E-state index is -4.72. The zero-order valence-corrected chi connectivity index (χ0v) is 9.60. The van der Waals surface area contributed by atoms with Crippen LogP contribution in [-0.4, -0.2) is 29.0 Å². The molecule has 2 N–H and O–H groups in total. The third-order valence-electron chi connectivity index (χ3n) is 1.97. The highest BCUT2D eigenvalue weighted by Crippen LogP contribution is 2.35. The molecule has 2 unspecified atom stereocenters. The van der Waals surface area contributed by atoms with E-state index >= 15 is 0 Å². The smallest absolute Gasteiger partial charge is 0.314 e. The number of carbonyl (C=O) groups is 1. The molecule has 6 nitrogen and oxygen atoms in total. The molecule has 2 atom stereocenters. The van der Waals surface area contributed by atoms with Gasteiger partial charge in [0.25, 0.3) is 0 Å². The maximum atomic E-state index is 11.1. The second-order valence-corrected chi connectivity index (χ2v) is 4.75. The van der Waals surface area contributed by atoms with E-state index < -0.39 is 26.9 Å². The van der Waals surface area contributed by atoms with E-state index in [-0.39, 0.29) is 0 Å². The van der Waals surface area contributed by atoms with Crippen molar-refractivity contribution in [1.82, 2.24) is 0 Å². The summed E-state index contributed by atoms with van der Waals surface area (Å²) < 4.78 is 35.7. The molecule has 0 bridgehead atoms. The van der Waals surface area contributed by atoms with E-state index in [2.05, 4.69) is 20.1 Å². The molecular weight excluding hydrogens is 292 g/mol. The van der Waals surface area contributed by atoms with Crippen molar-refractivity contribution in [2.45, 2.75) is 4.93 Å². The lowest BCUT2D eigenvalue weighted by Gasteiger charge is -2.29. The second-order valence-electron chi connectivity index (χ2n) is 2.83. The van der Waals surface area contributed by atoms with E-state index in [1.807, 2.05) is 0 Å². The lowest BCUT2D eigenvalue weighted by molar-refractivity contribution is -0.142. The third kappa shape index (κ3) is 1.98. The fourth-order valence-corrected chi connectivity index (χ4v) is 2.86. The summed E-state index contributed by atoms with van der Waals surface area (Å²) in [6, 6.07) is 0. The van der Waals surface area contributed by atoms with Gasteiger partial charge < -0.3 is 5.11 Å². The first kappa shape index (κ1) is 12.4. The van der Waals surface area contributed by atoms with Crippen LogP contribution in [0.15, 0.2) is 24.3 Å². The highest BCUT2D eigenvalue weighted by atomic mass is 79.9. The molecule has 1 aliphatic rings. The number of allylic oxidation sites excluding steroid dienone is 2. The summed E-state index contributed by atoms with van der Waals surface area (Å²) in [4.78, 5) is 8.49. The van der Waals surface area contributed by atoms with E-state index in [0.29, 0.717) is 0 Å². The maximum Gasteiger partial charge on any atom is 0.314 e. The van der Waals surface area contributed by atoms with Crippen molar-refractivity contribution in [3.63, 3.8) is 0 Å². The molecule has 0 aromatic rings. The molecule has 0 heterocycles. The lowest BCUT2D eigenvalue weighted by Crippen LogP contribution is -2.47. The summed E-state index contributed by atoms with van der Waals surface area (Å²) in [6.45, 7) is 0. The van der Waals surface area contributed by atoms with Crippen molar-refractivity contribution in [2.75, 3.05) is 0 Å². The van der Waals surface area contributed by atoms with Gasteiger partial charge >= 0.3 is 16.1 Å². The molecule has 0 saturated heterocycles. The predicted octanol–water partition coefficient (Wildman–Crippen LogP) is 0.724. The van der Waals surface area contributed by atoms with Crippen molar-refractivity contribution >= 4 is 32.3 Å². The van der Waals surface area contributed by atoms with Gasteiger partial charge in [0.15, 0.2) is 0 Å². The molecular formula is C7H7BrO6S. The van der Waals surface area contributed by atoms with Gasteiger partial charge in [0.05, 0.1) is 0 Å². The third-order valence-corrected chi connectivity index (χ3v) is 4.00. The Labute approximate surface area is 94.4 Å². The quantitative estimate of drug-likeness (QED) is 0.745. The van der Waals surface area contributed by atoms with Crippen molar-refractivity contribution in [3.05, 3.63) is 24.3 Å². The first-order chi connectivity index (χ1) is 6.85. The summed E-state index contributed by atoms with van der Waals surface area (Å²) in [7, 11) is -4.72. The van der Waals surface area contributed by atoms with Crippen LogP contribution in [0.2, 0.25) is 0 Å². The molecule has 8 heteroatoms. The largest absolute Gasteiger partial charge is 0.481 e. The SMILES string of the molecule is O=C(O)C1C=CC=CC1(OBr)S(=O)(=O)O. The molecule has 15 heavy (non-hydrogen) atoms. The van der Waals surface area contributed by atoms with Crippen LogP contribution in [0.25, 0.3) is 0 Å². The Morgan fingerprint density at radius 2 is 2.07 bits per heavy atom. The average Bonchev–Trinajstić information content (AvgIpc) is 2.15. The molecule has 0 aromatic heterocycles. The minimum Gasteiger partial charge on any atom is -0.481 e. The van der Waals surface area contributed by atoms with Crippen LogP contribution in [0, 0.1) is 5.92 Å². The highest BCUT2D eigenvalue weighted by Gasteiger charge is 2.52. The van der Waals surface area contributed by atoms with E-state index in [1.54, 1.807) is 0 Å². The van der Waals surface area contributed by atoms with Crippen LogP contribution in [0.4, 0.5) is 0 Å². The molecule has 1 aliphatic carbocycles. The number of carboxylic acids is 1. The fraction of sp³-hybridized carbons (Fsp3) is 0.286. The monoisotopic (exact) mass is 298 g/mol. The van der Waals surface area contributed by atoms with Gasteiger partial charge in [-0.1, -0.05) is 18.2 Å². The van der Waals surface area contributed by atoms with Crippen LogP contribution in [-0.2, 0) is 18.7 Å². The Kier molecular flexibility index (Phi) is 3.34. The Bertz CT molecular complexity index is 425. The number of hydrogen-bond acceptors (Lipinski definition) is 4. The lowest BCUT2D eigenvalue weighted by atomic mass is 9.97. The molecule has 0 spiro atoms. The van der Waals surface area contributed by atoms with Crippen LogP contribution in [0.5, 0.6) is 0 Å². The topological polar surface area (TPSA) is 101 Å². The van der Waals surface area contributed by atoms with Crippen LogP contribution < -0.4 is 0 Å². The standard InChI is InChI=1S/C7H7BrO6S/c8-14-7(15(11,12)13)4-2-1-3-5(7)6(9)10/h1-5H,(H,9,10)(H,11,12,13). The first-order valence-electron chi connectivity index (χ1n) is 3.71. The van der Waals surface area contributed by atoms with Crippen LogP contribution in [0.3, 0.4) is 0 Å². The number of rotatable bonds is 3. The summed E-state index contributed by atoms with van der Waals surface area (Å²) >= 11 is 2.42. The van der Waals surface area contributed by atoms with E-state index in [1.165, 1.54) is 12.2 Å². The second kappa shape index (κ2) is 4.05. The van der Waals surface area contributed by atoms with Gasteiger partial charge in [0.1, 0.15) is 22.2 Å². The zero-order valence-electron chi connectivity index (χ0n) is 7.20. The van der Waals surface area contributed by atoms with E-state index in [9.17, 15) is 13.2 Å². The highest BCUT2D eigenvalue weighted by molar-refractivity contribution is 9.06. The van der Waals surface area contributed by atoms with Gasteiger partial charge in [0, 0.05) is 0 Å². The number of hydrogen-bond donors (Lipinski definition) is 2. The normalized spacial score (nSPS) is 30.4. The molecule has 1 rings (SSSR count). The first-order valence-corrected chi connectivity index (χ1v) is 5.79. The number of halogens is 1. The Balaban J connectivity index is 3.35. The predicted molar refractivity (Wildman–Crippen MR) is 53.7 cm³/mol. The van der Waals surface area contributed by atoms with E-state index in [4.69, 9.17) is 9.66 Å². The van der Waals surface area contributed by atoms with Crippen molar-refractivity contribution in [2.24, 2.45) is 5.92 Å². The molecule has 0 aliphatic heterocycles. The number of aliphatic carboxylic acids is 1. The maximum absolute atomic E-state index is 11.1. The van der Waals surface area contributed by atoms with Crippen molar-refractivity contribution in [3.8, 4) is 0 Å². The Morgan fingerprint density at radius 1 is 1.47 bits per heavy atom. The molecule has 0 amide bonds. The Hall–Kier alpha value is -0.700. The zero-order chi connectivity index (χ0) is 11.7. The van der Waals surface area contributed by atoms with Gasteiger partial charge in [-0.3, -0.25) is 13.2 Å². The molecule has 84 valence electrons. The summed E-state index contributed by atoms with van der Waals surface area (Å²) in [5, 5.41) is 8.81. The Morgan fingerprint density at radius 3 is 2.40 bits per heavy atom. The van der Waals surface area contributed by atoms with Crippen LogP contribution >= 0.6 is 16.3 Å². The van der Waals surface area contributed by atoms with Crippen molar-refractivity contribution in [1.29, 1.82) is 0 Å². The molecule has 0 aromatic carbocycles. The average molecular weight is 299 g/mol. The van der Waals surface area contributed by atoms with Crippen molar-refractivity contribution < 1.29 is 26.7 Å². The van der Waals surface area contributed by atoms with Gasteiger partial charge in [0.2, 0.25) is 4.93 Å². The number of carboxylic acid groups (broad SMARTS) is 1.